The van der Waals surface area contributed by atoms with E-state index in [1.54, 1.807) is 12.1 Å². The molecule has 1 fully saturated rings. The zero-order valence-electron chi connectivity index (χ0n) is 10.4. The van der Waals surface area contributed by atoms with Crippen LogP contribution in [0.25, 0.3) is 0 Å². The fourth-order valence-electron chi connectivity index (χ4n) is 1.90. The Labute approximate surface area is 110 Å². The maximum atomic E-state index is 11.0. The lowest BCUT2D eigenvalue weighted by Crippen LogP contribution is -2.34. The molecule has 6 nitrogen and oxygen atoms in total. The van der Waals surface area contributed by atoms with Gasteiger partial charge in [0.1, 0.15) is 12.4 Å². The number of carboxylic acid groups (broad SMARTS) is 1. The van der Waals surface area contributed by atoms with E-state index in [1.165, 1.54) is 12.1 Å². The molecule has 0 aliphatic carbocycles. The minimum Gasteiger partial charge on any atom is -0.492 e. The summed E-state index contributed by atoms with van der Waals surface area (Å²) in [5.74, 6) is -0.381. The Bertz CT molecular complexity index is 475. The maximum Gasteiger partial charge on any atom is 0.335 e. The van der Waals surface area contributed by atoms with Gasteiger partial charge in [-0.15, -0.1) is 0 Å². The van der Waals surface area contributed by atoms with Gasteiger partial charge in [0.25, 0.3) is 0 Å². The first-order chi connectivity index (χ1) is 9.15. The second kappa shape index (κ2) is 6.19. The van der Waals surface area contributed by atoms with E-state index >= 15 is 0 Å². The summed E-state index contributed by atoms with van der Waals surface area (Å²) in [5, 5.41) is 14.8. The number of amides is 1. The van der Waals surface area contributed by atoms with Gasteiger partial charge in [-0.3, -0.25) is 4.79 Å². The van der Waals surface area contributed by atoms with E-state index in [9.17, 15) is 9.59 Å². The van der Waals surface area contributed by atoms with Gasteiger partial charge in [0, 0.05) is 25.6 Å². The lowest BCUT2D eigenvalue weighted by molar-refractivity contribution is -0.119. The summed E-state index contributed by atoms with van der Waals surface area (Å²) in [6.07, 6.45) is 0.495. The summed E-state index contributed by atoms with van der Waals surface area (Å²) >= 11 is 0. The number of benzene rings is 1. The van der Waals surface area contributed by atoms with Gasteiger partial charge in [0.05, 0.1) is 5.56 Å². The predicted molar refractivity (Wildman–Crippen MR) is 68.3 cm³/mol. The number of carboxylic acids is 1. The number of hydrogen-bond acceptors (Lipinski definition) is 4. The van der Waals surface area contributed by atoms with Crippen molar-refractivity contribution in [2.24, 2.45) is 0 Å². The molecule has 19 heavy (non-hydrogen) atoms. The molecule has 0 spiro atoms. The molecule has 1 aliphatic rings. The monoisotopic (exact) mass is 264 g/mol. The van der Waals surface area contributed by atoms with Crippen molar-refractivity contribution in [3.63, 3.8) is 0 Å². The molecule has 1 amide bonds. The summed E-state index contributed by atoms with van der Waals surface area (Å²) in [6.45, 7) is 1.68. The highest BCUT2D eigenvalue weighted by atomic mass is 16.5. The van der Waals surface area contributed by atoms with E-state index in [2.05, 4.69) is 10.6 Å². The minimum atomic E-state index is -0.973. The van der Waals surface area contributed by atoms with E-state index in [4.69, 9.17) is 9.84 Å². The van der Waals surface area contributed by atoms with Gasteiger partial charge in [-0.2, -0.15) is 0 Å². The Morgan fingerprint density at radius 1 is 1.53 bits per heavy atom. The van der Waals surface area contributed by atoms with Crippen molar-refractivity contribution in [3.8, 4) is 5.75 Å². The molecule has 1 aromatic rings. The molecule has 1 aliphatic heterocycles. The van der Waals surface area contributed by atoms with Crippen LogP contribution in [0.4, 0.5) is 0 Å². The van der Waals surface area contributed by atoms with Crippen LogP contribution >= 0.6 is 0 Å². The average Bonchev–Trinajstić information content (AvgIpc) is 2.81. The fourth-order valence-corrected chi connectivity index (χ4v) is 1.90. The third-order valence-corrected chi connectivity index (χ3v) is 2.86. The quantitative estimate of drug-likeness (QED) is 0.641. The van der Waals surface area contributed by atoms with Gasteiger partial charge < -0.3 is 20.5 Å². The van der Waals surface area contributed by atoms with E-state index in [0.29, 0.717) is 31.9 Å². The highest BCUT2D eigenvalue weighted by Gasteiger charge is 2.20. The molecule has 0 aromatic heterocycles. The van der Waals surface area contributed by atoms with Crippen molar-refractivity contribution in [1.29, 1.82) is 0 Å². The molecule has 6 heteroatoms. The molecule has 102 valence electrons. The van der Waals surface area contributed by atoms with Gasteiger partial charge in [-0.1, -0.05) is 6.07 Å². The van der Waals surface area contributed by atoms with Gasteiger partial charge >= 0.3 is 5.97 Å². The Hall–Kier alpha value is -2.08. The van der Waals surface area contributed by atoms with Crippen molar-refractivity contribution in [3.05, 3.63) is 29.8 Å². The van der Waals surface area contributed by atoms with Crippen molar-refractivity contribution in [2.45, 2.75) is 12.5 Å². The molecule has 0 saturated carbocycles. The van der Waals surface area contributed by atoms with E-state index in [-0.39, 0.29) is 17.5 Å². The van der Waals surface area contributed by atoms with Crippen LogP contribution < -0.4 is 15.4 Å². The van der Waals surface area contributed by atoms with E-state index < -0.39 is 5.97 Å². The number of rotatable bonds is 6. The van der Waals surface area contributed by atoms with Crippen LogP contribution in [0.15, 0.2) is 24.3 Å². The van der Waals surface area contributed by atoms with Gasteiger partial charge in [-0.05, 0) is 18.2 Å². The lowest BCUT2D eigenvalue weighted by Gasteiger charge is -2.11. The van der Waals surface area contributed by atoms with Crippen LogP contribution in [-0.2, 0) is 4.79 Å². The number of aromatic carboxylic acids is 1. The SMILES string of the molecule is O=C1CC(NCCOc2cccc(C(=O)O)c2)CN1. The molecule has 3 N–H and O–H groups in total. The normalized spacial score (nSPS) is 18.1. The Morgan fingerprint density at radius 3 is 3.05 bits per heavy atom. The van der Waals surface area contributed by atoms with Crippen molar-refractivity contribution >= 4 is 11.9 Å². The van der Waals surface area contributed by atoms with Crippen LogP contribution in [0, 0.1) is 0 Å². The Morgan fingerprint density at radius 2 is 2.37 bits per heavy atom. The summed E-state index contributed by atoms with van der Waals surface area (Å²) < 4.78 is 5.45. The number of ether oxygens (including phenoxy) is 1. The molecule has 1 atom stereocenters. The third-order valence-electron chi connectivity index (χ3n) is 2.86. The zero-order valence-corrected chi connectivity index (χ0v) is 10.4. The number of carbonyl (C=O) groups is 2. The standard InChI is InChI=1S/C13H16N2O4/c16-12-7-10(8-15-12)14-4-5-19-11-3-1-2-9(6-11)13(17)18/h1-3,6,10,14H,4-5,7-8H2,(H,15,16)(H,17,18). The molecule has 0 radical (unpaired) electrons. The van der Waals surface area contributed by atoms with Gasteiger partial charge in [-0.25, -0.2) is 4.79 Å². The lowest BCUT2D eigenvalue weighted by atomic mass is 10.2. The topological polar surface area (TPSA) is 87.7 Å². The van der Waals surface area contributed by atoms with Crippen LogP contribution in [-0.4, -0.2) is 42.7 Å². The van der Waals surface area contributed by atoms with Crippen LogP contribution in [0.3, 0.4) is 0 Å². The molecule has 1 aromatic carbocycles. The molecule has 0 bridgehead atoms. The highest BCUT2D eigenvalue weighted by Crippen LogP contribution is 2.13. The molecular weight excluding hydrogens is 248 g/mol. The Balaban J connectivity index is 1.72. The first-order valence-electron chi connectivity index (χ1n) is 6.11. The first-order valence-corrected chi connectivity index (χ1v) is 6.11. The summed E-state index contributed by atoms with van der Waals surface area (Å²) in [7, 11) is 0. The minimum absolute atomic E-state index is 0.0626. The van der Waals surface area contributed by atoms with Crippen molar-refractivity contribution in [2.75, 3.05) is 19.7 Å². The van der Waals surface area contributed by atoms with Crippen LogP contribution in [0.2, 0.25) is 0 Å². The van der Waals surface area contributed by atoms with Crippen LogP contribution in [0.5, 0.6) is 5.75 Å². The fraction of sp³-hybridized carbons (Fsp3) is 0.385. The first kappa shape index (κ1) is 13.4. The largest absolute Gasteiger partial charge is 0.492 e. The zero-order chi connectivity index (χ0) is 13.7. The van der Waals surface area contributed by atoms with E-state index in [1.807, 2.05) is 0 Å². The average molecular weight is 264 g/mol. The van der Waals surface area contributed by atoms with Crippen molar-refractivity contribution in [1.82, 2.24) is 10.6 Å². The van der Waals surface area contributed by atoms with Gasteiger partial charge in [0.15, 0.2) is 0 Å². The summed E-state index contributed by atoms with van der Waals surface area (Å²) in [6, 6.07) is 6.52. The second-order valence-corrected chi connectivity index (χ2v) is 4.34. The second-order valence-electron chi connectivity index (χ2n) is 4.34. The predicted octanol–water partition coefficient (Wildman–Crippen LogP) is 0.242. The summed E-state index contributed by atoms with van der Waals surface area (Å²) in [5.41, 5.74) is 0.205. The van der Waals surface area contributed by atoms with Gasteiger partial charge in [0.2, 0.25) is 5.91 Å². The number of hydrogen-bond donors (Lipinski definition) is 3. The van der Waals surface area contributed by atoms with Crippen molar-refractivity contribution < 1.29 is 19.4 Å². The van der Waals surface area contributed by atoms with Crippen LogP contribution in [0.1, 0.15) is 16.8 Å². The highest BCUT2D eigenvalue weighted by molar-refractivity contribution is 5.88. The molecule has 1 heterocycles. The van der Waals surface area contributed by atoms with E-state index in [0.717, 1.165) is 0 Å². The molecule has 1 unspecified atom stereocenters. The maximum absolute atomic E-state index is 11.0. The molecular formula is C13H16N2O4. The smallest absolute Gasteiger partial charge is 0.335 e. The third kappa shape index (κ3) is 3.96. The molecule has 1 saturated heterocycles. The number of nitrogens with one attached hydrogen (secondary N) is 2. The Kier molecular flexibility index (Phi) is 4.35. The molecule has 2 rings (SSSR count). The number of carbonyl (C=O) groups excluding carboxylic acids is 1. The summed E-state index contributed by atoms with van der Waals surface area (Å²) in [4.78, 5) is 21.8.